The number of hydrogen-bond acceptors (Lipinski definition) is 2. The summed E-state index contributed by atoms with van der Waals surface area (Å²) in [4.78, 5) is 11.5. The summed E-state index contributed by atoms with van der Waals surface area (Å²) in [6.07, 6.45) is 3.85. The lowest BCUT2D eigenvalue weighted by atomic mass is 9.96. The minimum Gasteiger partial charge on any atom is -0.476 e. The Hall–Kier alpha value is -2.10. The first-order valence-corrected chi connectivity index (χ1v) is 6.17. The molecule has 1 aromatic carbocycles. The molecule has 0 spiro atoms. The molecule has 1 heterocycles. The van der Waals surface area contributed by atoms with Gasteiger partial charge >= 0.3 is 5.97 Å². The molecule has 0 radical (unpaired) electrons. The number of para-hydroxylation sites is 1. The molecular weight excluding hydrogens is 228 g/mol. The van der Waals surface area contributed by atoms with E-state index in [1.165, 1.54) is 0 Å². The molecule has 0 atom stereocenters. The molecule has 1 aromatic heterocycles. The number of fused-ring (bicyclic) bond motifs is 1. The molecule has 4 nitrogen and oxygen atoms in total. The first kappa shape index (κ1) is 11.0. The van der Waals surface area contributed by atoms with E-state index in [2.05, 4.69) is 5.10 Å². The highest BCUT2D eigenvalue weighted by molar-refractivity contribution is 5.88. The quantitative estimate of drug-likeness (QED) is 0.880. The number of carboxylic acids is 1. The zero-order valence-electron chi connectivity index (χ0n) is 9.97. The van der Waals surface area contributed by atoms with Crippen molar-refractivity contribution < 1.29 is 9.90 Å². The number of aromatic carboxylic acids is 1. The topological polar surface area (TPSA) is 55.1 Å². The molecule has 0 saturated heterocycles. The zero-order chi connectivity index (χ0) is 12.5. The lowest BCUT2D eigenvalue weighted by Gasteiger charge is -2.09. The van der Waals surface area contributed by atoms with Gasteiger partial charge in [-0.1, -0.05) is 18.2 Å². The second-order valence-electron chi connectivity index (χ2n) is 4.53. The normalized spacial score (nSPS) is 14.2. The Kier molecular flexibility index (Phi) is 2.63. The van der Waals surface area contributed by atoms with Crippen molar-refractivity contribution in [1.29, 1.82) is 0 Å². The van der Waals surface area contributed by atoms with Crippen molar-refractivity contribution in [3.63, 3.8) is 0 Å². The van der Waals surface area contributed by atoms with Crippen LogP contribution in [0.3, 0.4) is 0 Å². The van der Waals surface area contributed by atoms with Gasteiger partial charge in [-0.15, -0.1) is 0 Å². The Balaban J connectivity index is 2.20. The van der Waals surface area contributed by atoms with Crippen LogP contribution in [0.4, 0.5) is 0 Å². The summed E-state index contributed by atoms with van der Waals surface area (Å²) in [7, 11) is 0. The summed E-state index contributed by atoms with van der Waals surface area (Å²) in [6, 6.07) is 9.45. The van der Waals surface area contributed by atoms with Gasteiger partial charge in [-0.05, 0) is 37.8 Å². The van der Waals surface area contributed by atoms with Crippen LogP contribution in [0.2, 0.25) is 0 Å². The molecule has 3 rings (SSSR count). The van der Waals surface area contributed by atoms with Crippen molar-refractivity contribution in [2.75, 3.05) is 0 Å². The number of carbonyl (C=O) groups is 1. The average Bonchev–Trinajstić information content (AvgIpc) is 2.79. The molecule has 2 aromatic rings. The van der Waals surface area contributed by atoms with E-state index in [9.17, 15) is 9.90 Å². The highest BCUT2D eigenvalue weighted by Gasteiger charge is 2.25. The van der Waals surface area contributed by atoms with Gasteiger partial charge in [-0.3, -0.25) is 0 Å². The van der Waals surface area contributed by atoms with E-state index in [1.807, 2.05) is 30.3 Å². The third-order valence-electron chi connectivity index (χ3n) is 3.36. The minimum atomic E-state index is -0.894. The summed E-state index contributed by atoms with van der Waals surface area (Å²) < 4.78 is 1.57. The molecule has 18 heavy (non-hydrogen) atoms. The third kappa shape index (κ3) is 1.70. The lowest BCUT2D eigenvalue weighted by Crippen LogP contribution is -2.10. The van der Waals surface area contributed by atoms with Crippen LogP contribution in [0.25, 0.3) is 5.69 Å². The van der Waals surface area contributed by atoms with Gasteiger partial charge in [0.2, 0.25) is 0 Å². The summed E-state index contributed by atoms with van der Waals surface area (Å²) in [5, 5.41) is 13.9. The van der Waals surface area contributed by atoms with Gasteiger partial charge in [0.15, 0.2) is 5.69 Å². The van der Waals surface area contributed by atoms with Crippen molar-refractivity contribution in [3.05, 3.63) is 47.3 Å². The molecule has 0 fully saturated rings. The van der Waals surface area contributed by atoms with Gasteiger partial charge in [0.05, 0.1) is 11.4 Å². The maximum absolute atomic E-state index is 11.5. The van der Waals surface area contributed by atoms with Crippen LogP contribution in [0.1, 0.15) is 34.6 Å². The number of benzene rings is 1. The first-order chi connectivity index (χ1) is 8.77. The van der Waals surface area contributed by atoms with E-state index in [-0.39, 0.29) is 0 Å². The van der Waals surface area contributed by atoms with E-state index < -0.39 is 5.97 Å². The smallest absolute Gasteiger partial charge is 0.354 e. The Morgan fingerprint density at radius 3 is 2.61 bits per heavy atom. The predicted molar refractivity (Wildman–Crippen MR) is 67.2 cm³/mol. The number of rotatable bonds is 2. The summed E-state index contributed by atoms with van der Waals surface area (Å²) in [5.41, 5.74) is 3.00. The Labute approximate surface area is 105 Å². The van der Waals surface area contributed by atoms with Gasteiger partial charge in [0.25, 0.3) is 0 Å². The van der Waals surface area contributed by atoms with Crippen LogP contribution in [0.15, 0.2) is 30.3 Å². The van der Waals surface area contributed by atoms with Gasteiger partial charge in [0, 0.05) is 5.56 Å². The Morgan fingerprint density at radius 2 is 1.89 bits per heavy atom. The van der Waals surface area contributed by atoms with Crippen molar-refractivity contribution in [2.45, 2.75) is 25.7 Å². The second-order valence-corrected chi connectivity index (χ2v) is 4.53. The van der Waals surface area contributed by atoms with E-state index in [0.717, 1.165) is 42.6 Å². The van der Waals surface area contributed by atoms with Gasteiger partial charge in [-0.2, -0.15) is 5.10 Å². The highest BCUT2D eigenvalue weighted by atomic mass is 16.4. The molecule has 0 bridgehead atoms. The number of aryl methyl sites for hydroxylation is 1. The molecule has 1 aliphatic rings. The molecule has 1 aliphatic carbocycles. The summed E-state index contributed by atoms with van der Waals surface area (Å²) >= 11 is 0. The van der Waals surface area contributed by atoms with Crippen LogP contribution in [-0.2, 0) is 12.8 Å². The van der Waals surface area contributed by atoms with E-state index >= 15 is 0 Å². The molecule has 0 unspecified atom stereocenters. The number of nitrogens with zero attached hydrogens (tertiary/aromatic N) is 2. The van der Waals surface area contributed by atoms with Crippen LogP contribution < -0.4 is 0 Å². The average molecular weight is 242 g/mol. The Bertz CT molecular complexity index is 587. The van der Waals surface area contributed by atoms with Crippen LogP contribution in [0.5, 0.6) is 0 Å². The fourth-order valence-corrected chi connectivity index (χ4v) is 2.53. The van der Waals surface area contributed by atoms with Gasteiger partial charge in [-0.25, -0.2) is 9.48 Å². The number of hydrogen-bond donors (Lipinski definition) is 1. The second kappa shape index (κ2) is 4.29. The Morgan fingerprint density at radius 1 is 1.17 bits per heavy atom. The fourth-order valence-electron chi connectivity index (χ4n) is 2.53. The van der Waals surface area contributed by atoms with Crippen molar-refractivity contribution in [3.8, 4) is 5.69 Å². The van der Waals surface area contributed by atoms with Crippen molar-refractivity contribution in [2.24, 2.45) is 0 Å². The first-order valence-electron chi connectivity index (χ1n) is 6.17. The van der Waals surface area contributed by atoms with Crippen LogP contribution in [0, 0.1) is 0 Å². The van der Waals surface area contributed by atoms with E-state index in [1.54, 1.807) is 4.68 Å². The lowest BCUT2D eigenvalue weighted by molar-refractivity contribution is 0.0685. The van der Waals surface area contributed by atoms with Crippen LogP contribution in [-0.4, -0.2) is 20.9 Å². The molecule has 0 saturated carbocycles. The largest absolute Gasteiger partial charge is 0.476 e. The fraction of sp³-hybridized carbons (Fsp3) is 0.286. The van der Waals surface area contributed by atoms with Gasteiger partial charge < -0.3 is 5.11 Å². The maximum Gasteiger partial charge on any atom is 0.354 e. The summed E-state index contributed by atoms with van der Waals surface area (Å²) in [5.74, 6) is -0.894. The highest BCUT2D eigenvalue weighted by Crippen LogP contribution is 2.26. The zero-order valence-corrected chi connectivity index (χ0v) is 9.97. The van der Waals surface area contributed by atoms with Crippen molar-refractivity contribution in [1.82, 2.24) is 9.78 Å². The molecule has 1 N–H and O–H groups in total. The standard InChI is InChI=1S/C14H14N2O2/c17-14(18)13-11-8-4-5-9-12(11)15-16(13)10-6-2-1-3-7-10/h1-3,6-7H,4-5,8-9H2,(H,17,18). The van der Waals surface area contributed by atoms with Crippen molar-refractivity contribution >= 4 is 5.97 Å². The molecule has 92 valence electrons. The molecular formula is C14H14N2O2. The van der Waals surface area contributed by atoms with E-state index in [0.29, 0.717) is 5.69 Å². The number of aromatic nitrogens is 2. The molecule has 4 heteroatoms. The molecule has 0 aliphatic heterocycles. The monoisotopic (exact) mass is 242 g/mol. The predicted octanol–water partition coefficient (Wildman–Crippen LogP) is 2.45. The van der Waals surface area contributed by atoms with Crippen LogP contribution >= 0.6 is 0 Å². The molecule has 0 amide bonds. The number of carboxylic acid groups (broad SMARTS) is 1. The minimum absolute atomic E-state index is 0.330. The summed E-state index contributed by atoms with van der Waals surface area (Å²) in [6.45, 7) is 0. The van der Waals surface area contributed by atoms with Gasteiger partial charge in [0.1, 0.15) is 0 Å². The SMILES string of the molecule is O=C(O)c1c2c(nn1-c1ccccc1)CCCC2. The third-order valence-corrected chi connectivity index (χ3v) is 3.36. The van der Waals surface area contributed by atoms with E-state index in [4.69, 9.17) is 0 Å². The maximum atomic E-state index is 11.5.